The molecule has 0 saturated heterocycles. The average molecular weight is 285 g/mol. The van der Waals surface area contributed by atoms with Crippen LogP contribution in [0.4, 0.5) is 0 Å². The van der Waals surface area contributed by atoms with E-state index in [9.17, 15) is 8.42 Å². The number of nitrogens with two attached hydrogens (primary N) is 1. The van der Waals surface area contributed by atoms with Gasteiger partial charge >= 0.3 is 0 Å². The molecular formula is C13H23N3O2S. The summed E-state index contributed by atoms with van der Waals surface area (Å²) in [6.07, 6.45) is 5.55. The van der Waals surface area contributed by atoms with E-state index in [1.165, 1.54) is 0 Å². The van der Waals surface area contributed by atoms with E-state index in [1.54, 1.807) is 21.1 Å². The zero-order valence-electron chi connectivity index (χ0n) is 11.7. The fourth-order valence-corrected chi connectivity index (χ4v) is 4.05. The first-order valence-electron chi connectivity index (χ1n) is 6.87. The number of rotatable bonds is 7. The second-order valence-corrected chi connectivity index (χ2v) is 7.07. The Balaban J connectivity index is 2.27. The summed E-state index contributed by atoms with van der Waals surface area (Å²) < 4.78 is 28.8. The molecule has 1 saturated carbocycles. The summed E-state index contributed by atoms with van der Waals surface area (Å²) in [5.41, 5.74) is 6.44. The van der Waals surface area contributed by atoms with Crippen molar-refractivity contribution in [3.63, 3.8) is 0 Å². The first kappa shape index (κ1) is 14.6. The molecule has 0 bridgehead atoms. The maximum absolute atomic E-state index is 12.7. The minimum atomic E-state index is -3.36. The van der Waals surface area contributed by atoms with Crippen LogP contribution in [0.25, 0.3) is 0 Å². The van der Waals surface area contributed by atoms with Crippen molar-refractivity contribution in [1.29, 1.82) is 0 Å². The van der Waals surface area contributed by atoms with Crippen molar-refractivity contribution in [3.05, 3.63) is 18.0 Å². The Morgan fingerprint density at radius 1 is 1.47 bits per heavy atom. The van der Waals surface area contributed by atoms with Gasteiger partial charge in [0.15, 0.2) is 0 Å². The molecule has 0 aliphatic heterocycles. The van der Waals surface area contributed by atoms with Crippen LogP contribution in [0.3, 0.4) is 0 Å². The van der Waals surface area contributed by atoms with Gasteiger partial charge in [-0.05, 0) is 25.3 Å². The lowest BCUT2D eigenvalue weighted by molar-refractivity contribution is 0.395. The fraction of sp³-hybridized carbons (Fsp3) is 0.692. The molecule has 1 heterocycles. The summed E-state index contributed by atoms with van der Waals surface area (Å²) in [4.78, 5) is 0.374. The van der Waals surface area contributed by atoms with Gasteiger partial charge in [-0.2, -0.15) is 4.31 Å². The Bertz CT molecular complexity index is 532. The van der Waals surface area contributed by atoms with Gasteiger partial charge in [-0.25, -0.2) is 8.42 Å². The van der Waals surface area contributed by atoms with Crippen molar-refractivity contribution >= 4 is 10.0 Å². The molecule has 0 atom stereocenters. The van der Waals surface area contributed by atoms with E-state index < -0.39 is 10.0 Å². The Morgan fingerprint density at radius 2 is 2.16 bits per heavy atom. The number of sulfonamides is 1. The number of hydrogen-bond acceptors (Lipinski definition) is 3. The van der Waals surface area contributed by atoms with Gasteiger partial charge < -0.3 is 10.3 Å². The minimum Gasteiger partial charge on any atom is -0.352 e. The van der Waals surface area contributed by atoms with Gasteiger partial charge in [0.25, 0.3) is 0 Å². The van der Waals surface area contributed by atoms with E-state index >= 15 is 0 Å². The van der Waals surface area contributed by atoms with Gasteiger partial charge in [-0.15, -0.1) is 0 Å². The van der Waals surface area contributed by atoms with Crippen LogP contribution in [0.5, 0.6) is 0 Å². The molecule has 1 fully saturated rings. The molecule has 2 rings (SSSR count). The zero-order chi connectivity index (χ0) is 14.0. The molecule has 6 heteroatoms. The lowest BCUT2D eigenvalue weighted by atomic mass is 10.3. The molecule has 0 unspecified atom stereocenters. The van der Waals surface area contributed by atoms with Crippen molar-refractivity contribution in [3.8, 4) is 0 Å². The van der Waals surface area contributed by atoms with Crippen molar-refractivity contribution in [2.45, 2.75) is 50.1 Å². The number of nitrogens with zero attached hydrogens (tertiary/aromatic N) is 2. The third-order valence-corrected chi connectivity index (χ3v) is 5.50. The van der Waals surface area contributed by atoms with Crippen LogP contribution in [0.2, 0.25) is 0 Å². The summed E-state index contributed by atoms with van der Waals surface area (Å²) >= 11 is 0. The third kappa shape index (κ3) is 3.01. The van der Waals surface area contributed by atoms with Crippen molar-refractivity contribution in [1.82, 2.24) is 8.87 Å². The molecule has 0 spiro atoms. The van der Waals surface area contributed by atoms with Crippen molar-refractivity contribution < 1.29 is 8.42 Å². The highest BCUT2D eigenvalue weighted by atomic mass is 32.2. The Labute approximate surface area is 115 Å². The van der Waals surface area contributed by atoms with E-state index in [2.05, 4.69) is 6.92 Å². The summed E-state index contributed by atoms with van der Waals surface area (Å²) in [6, 6.07) is 1.90. The summed E-state index contributed by atoms with van der Waals surface area (Å²) in [6.45, 7) is 3.05. The molecule has 2 N–H and O–H groups in total. The highest BCUT2D eigenvalue weighted by molar-refractivity contribution is 7.89. The smallest absolute Gasteiger partial charge is 0.244 e. The highest BCUT2D eigenvalue weighted by Crippen LogP contribution is 2.32. The monoisotopic (exact) mass is 285 g/mol. The Kier molecular flexibility index (Phi) is 4.32. The average Bonchev–Trinajstić information content (AvgIpc) is 3.11. The SMILES string of the molecule is CCCCN(C1CC1)S(=O)(=O)c1cc(CN)n(C)c1. The first-order chi connectivity index (χ1) is 9.00. The molecule has 0 radical (unpaired) electrons. The molecule has 19 heavy (non-hydrogen) atoms. The summed E-state index contributed by atoms with van der Waals surface area (Å²) in [7, 11) is -1.54. The van der Waals surface area contributed by atoms with Crippen LogP contribution in [0.15, 0.2) is 17.2 Å². The molecule has 0 amide bonds. The predicted molar refractivity (Wildman–Crippen MR) is 75.1 cm³/mol. The molecule has 1 aromatic heterocycles. The lowest BCUT2D eigenvalue weighted by Gasteiger charge is -2.20. The van der Waals surface area contributed by atoms with Crippen LogP contribution >= 0.6 is 0 Å². The lowest BCUT2D eigenvalue weighted by Crippen LogP contribution is -2.33. The standard InChI is InChI=1S/C13H23N3O2S/c1-3-4-7-16(11-5-6-11)19(17,18)13-8-12(9-14)15(2)10-13/h8,10-11H,3-7,9,14H2,1-2H3. The topological polar surface area (TPSA) is 68.3 Å². The maximum atomic E-state index is 12.7. The predicted octanol–water partition coefficient (Wildman–Crippen LogP) is 1.44. The fourth-order valence-electron chi connectivity index (χ4n) is 2.23. The van der Waals surface area contributed by atoms with E-state index in [1.807, 2.05) is 7.05 Å². The normalized spacial score (nSPS) is 16.2. The summed E-state index contributed by atoms with van der Waals surface area (Å²) in [5, 5.41) is 0. The number of hydrogen-bond donors (Lipinski definition) is 1. The van der Waals surface area contributed by atoms with Crippen molar-refractivity contribution in [2.24, 2.45) is 12.8 Å². The molecule has 5 nitrogen and oxygen atoms in total. The molecule has 0 aromatic carbocycles. The zero-order valence-corrected chi connectivity index (χ0v) is 12.5. The van der Waals surface area contributed by atoms with Gasteiger partial charge in [0.05, 0.1) is 0 Å². The minimum absolute atomic E-state index is 0.207. The Hall–Kier alpha value is -0.850. The van der Waals surface area contributed by atoms with Gasteiger partial charge in [-0.3, -0.25) is 0 Å². The molecule has 108 valence electrons. The van der Waals surface area contributed by atoms with Crippen LogP contribution in [0, 0.1) is 0 Å². The van der Waals surface area contributed by atoms with E-state index in [0.29, 0.717) is 18.0 Å². The Morgan fingerprint density at radius 3 is 2.63 bits per heavy atom. The largest absolute Gasteiger partial charge is 0.352 e. The second kappa shape index (κ2) is 5.64. The van der Waals surface area contributed by atoms with Crippen LogP contribution in [-0.4, -0.2) is 29.9 Å². The van der Waals surface area contributed by atoms with E-state index in [-0.39, 0.29) is 6.04 Å². The summed E-state index contributed by atoms with van der Waals surface area (Å²) in [5.74, 6) is 0. The van der Waals surface area contributed by atoms with Crippen LogP contribution in [-0.2, 0) is 23.6 Å². The van der Waals surface area contributed by atoms with E-state index in [4.69, 9.17) is 5.73 Å². The second-order valence-electron chi connectivity index (χ2n) is 5.18. The number of unbranched alkanes of at least 4 members (excludes halogenated alkanes) is 1. The quantitative estimate of drug-likeness (QED) is 0.824. The molecule has 1 aliphatic rings. The first-order valence-corrected chi connectivity index (χ1v) is 8.31. The molecular weight excluding hydrogens is 262 g/mol. The number of aryl methyl sites for hydroxylation is 1. The van der Waals surface area contributed by atoms with Crippen molar-refractivity contribution in [2.75, 3.05) is 6.54 Å². The van der Waals surface area contributed by atoms with Gasteiger partial charge in [0.1, 0.15) is 4.90 Å². The number of aromatic nitrogens is 1. The molecule has 1 aliphatic carbocycles. The van der Waals surface area contributed by atoms with E-state index in [0.717, 1.165) is 31.4 Å². The van der Waals surface area contributed by atoms with Gasteiger partial charge in [-0.1, -0.05) is 13.3 Å². The van der Waals surface area contributed by atoms with Crippen LogP contribution in [0.1, 0.15) is 38.3 Å². The van der Waals surface area contributed by atoms with Gasteiger partial charge in [0.2, 0.25) is 10.0 Å². The molecule has 1 aromatic rings. The highest BCUT2D eigenvalue weighted by Gasteiger charge is 2.38. The van der Waals surface area contributed by atoms with Crippen LogP contribution < -0.4 is 5.73 Å². The third-order valence-electron chi connectivity index (χ3n) is 3.58. The maximum Gasteiger partial charge on any atom is 0.244 e. The van der Waals surface area contributed by atoms with Gasteiger partial charge in [0, 0.05) is 38.1 Å².